The largest absolute Gasteiger partial charge is 0.481 e. The average molecular weight is 385 g/mol. The van der Waals surface area contributed by atoms with Gasteiger partial charge < -0.3 is 10.0 Å². The first-order valence-corrected chi connectivity index (χ1v) is 9.84. The van der Waals surface area contributed by atoms with Crippen molar-refractivity contribution in [3.05, 3.63) is 52.6 Å². The smallest absolute Gasteiger partial charge is 0.308 e. The maximum atomic E-state index is 13.2. The summed E-state index contributed by atoms with van der Waals surface area (Å²) in [7, 11) is 0. The van der Waals surface area contributed by atoms with Crippen LogP contribution < -0.4 is 0 Å². The number of aromatic nitrogens is 2. The van der Waals surface area contributed by atoms with E-state index in [0.29, 0.717) is 19.4 Å². The van der Waals surface area contributed by atoms with E-state index < -0.39 is 11.9 Å². The number of H-pyrrole nitrogens is 1. The molecular weight excluding hydrogens is 361 g/mol. The number of nitrogens with one attached hydrogen (secondary N) is 1. The predicted molar refractivity (Wildman–Crippen MR) is 100 cm³/mol. The Bertz CT molecular complexity index is 878. The minimum absolute atomic E-state index is 0.0524. The second-order valence-corrected chi connectivity index (χ2v) is 7.74. The quantitative estimate of drug-likeness (QED) is 0.829. The second-order valence-electron chi connectivity index (χ2n) is 7.74. The molecule has 0 radical (unpaired) electrons. The Morgan fingerprint density at radius 2 is 1.93 bits per heavy atom. The lowest BCUT2D eigenvalue weighted by Gasteiger charge is -2.17. The van der Waals surface area contributed by atoms with Gasteiger partial charge in [-0.3, -0.25) is 14.7 Å². The number of carbonyl (C=O) groups is 2. The van der Waals surface area contributed by atoms with Crippen molar-refractivity contribution in [2.24, 2.45) is 5.92 Å². The minimum atomic E-state index is -0.925. The van der Waals surface area contributed by atoms with E-state index in [-0.39, 0.29) is 24.2 Å². The van der Waals surface area contributed by atoms with Gasteiger partial charge in [0, 0.05) is 37.5 Å². The number of carbonyl (C=O) groups excluding carboxylic acids is 1. The third-order valence-corrected chi connectivity index (χ3v) is 6.01. The monoisotopic (exact) mass is 385 g/mol. The first-order chi connectivity index (χ1) is 13.5. The Hall–Kier alpha value is -2.70. The van der Waals surface area contributed by atoms with Crippen LogP contribution in [0, 0.1) is 11.7 Å². The summed E-state index contributed by atoms with van der Waals surface area (Å²) >= 11 is 0. The molecule has 1 amide bonds. The third kappa shape index (κ3) is 3.66. The fourth-order valence-electron chi connectivity index (χ4n) is 4.45. The molecule has 0 unspecified atom stereocenters. The molecule has 1 aromatic heterocycles. The standard InChI is InChI=1S/C21H24FN3O3/c22-14-7-5-13(6-8-14)16-11-25(12-17(16)21(27)28)20(26)10-9-19-15-3-1-2-4-18(15)23-24-19/h5-8,16-17H,1-4,9-12H2,(H,23,24)(H,27,28)/t16-,17+/m0/s1. The van der Waals surface area contributed by atoms with Crippen LogP contribution in [0.25, 0.3) is 0 Å². The number of halogens is 1. The van der Waals surface area contributed by atoms with Crippen LogP contribution in [0.2, 0.25) is 0 Å². The summed E-state index contributed by atoms with van der Waals surface area (Å²) in [6.45, 7) is 0.537. The van der Waals surface area contributed by atoms with Crippen LogP contribution in [-0.4, -0.2) is 45.2 Å². The number of rotatable bonds is 5. The molecule has 1 aliphatic heterocycles. The summed E-state index contributed by atoms with van der Waals surface area (Å²) < 4.78 is 13.2. The number of nitrogens with zero attached hydrogens (tertiary/aromatic N) is 2. The van der Waals surface area contributed by atoms with E-state index in [9.17, 15) is 19.1 Å². The molecule has 2 aromatic rings. The lowest BCUT2D eigenvalue weighted by molar-refractivity contribution is -0.141. The van der Waals surface area contributed by atoms with Gasteiger partial charge in [-0.25, -0.2) is 4.39 Å². The molecule has 2 N–H and O–H groups in total. The summed E-state index contributed by atoms with van der Waals surface area (Å²) in [4.78, 5) is 26.1. The molecule has 2 aliphatic rings. The fourth-order valence-corrected chi connectivity index (χ4v) is 4.45. The molecule has 1 fully saturated rings. The maximum Gasteiger partial charge on any atom is 0.308 e. The van der Waals surface area contributed by atoms with Gasteiger partial charge in [-0.2, -0.15) is 5.10 Å². The summed E-state index contributed by atoms with van der Waals surface area (Å²) in [5.41, 5.74) is 4.17. The van der Waals surface area contributed by atoms with Crippen molar-refractivity contribution in [1.82, 2.24) is 15.1 Å². The van der Waals surface area contributed by atoms with Crippen LogP contribution >= 0.6 is 0 Å². The number of aromatic amines is 1. The van der Waals surface area contributed by atoms with Crippen molar-refractivity contribution >= 4 is 11.9 Å². The summed E-state index contributed by atoms with van der Waals surface area (Å²) in [5, 5.41) is 17.1. The number of likely N-dealkylation sites (tertiary alicyclic amines) is 1. The molecule has 1 aromatic carbocycles. The number of aliphatic carboxylic acids is 1. The van der Waals surface area contributed by atoms with E-state index in [0.717, 1.165) is 30.5 Å². The highest BCUT2D eigenvalue weighted by Crippen LogP contribution is 2.33. The lowest BCUT2D eigenvalue weighted by Crippen LogP contribution is -2.30. The number of hydrogen-bond acceptors (Lipinski definition) is 3. The fraction of sp³-hybridized carbons (Fsp3) is 0.476. The number of fused-ring (bicyclic) bond motifs is 1. The third-order valence-electron chi connectivity index (χ3n) is 6.01. The number of amides is 1. The molecule has 0 spiro atoms. The highest BCUT2D eigenvalue weighted by molar-refractivity contribution is 5.80. The van der Waals surface area contributed by atoms with Crippen LogP contribution in [0.3, 0.4) is 0 Å². The molecule has 0 bridgehead atoms. The van der Waals surface area contributed by atoms with Gasteiger partial charge in [0.05, 0.1) is 11.6 Å². The van der Waals surface area contributed by atoms with Gasteiger partial charge in [-0.05, 0) is 48.9 Å². The van der Waals surface area contributed by atoms with Crippen LogP contribution in [-0.2, 0) is 28.9 Å². The van der Waals surface area contributed by atoms with Gasteiger partial charge in [-0.15, -0.1) is 0 Å². The maximum absolute atomic E-state index is 13.2. The van der Waals surface area contributed by atoms with Gasteiger partial charge in [0.2, 0.25) is 5.91 Å². The first kappa shape index (κ1) is 18.7. The summed E-state index contributed by atoms with van der Waals surface area (Å²) in [6.07, 6.45) is 5.23. The zero-order chi connectivity index (χ0) is 19.7. The molecule has 4 rings (SSSR count). The van der Waals surface area contributed by atoms with Gasteiger partial charge in [0.25, 0.3) is 0 Å². The molecule has 7 heteroatoms. The number of carboxylic acid groups (broad SMARTS) is 1. The molecule has 1 saturated heterocycles. The lowest BCUT2D eigenvalue weighted by atomic mass is 9.89. The van der Waals surface area contributed by atoms with Crippen molar-refractivity contribution in [2.75, 3.05) is 13.1 Å². The number of carboxylic acids is 1. The summed E-state index contributed by atoms with van der Waals surface area (Å²) in [5.74, 6) is -2.33. The van der Waals surface area contributed by atoms with Crippen molar-refractivity contribution in [3.63, 3.8) is 0 Å². The Kier molecular flexibility index (Phi) is 5.15. The van der Waals surface area contributed by atoms with Crippen molar-refractivity contribution < 1.29 is 19.1 Å². The van der Waals surface area contributed by atoms with Crippen molar-refractivity contribution in [3.8, 4) is 0 Å². The molecular formula is C21H24FN3O3. The Balaban J connectivity index is 1.42. The van der Waals surface area contributed by atoms with E-state index in [1.54, 1.807) is 17.0 Å². The number of aryl methyl sites for hydroxylation is 2. The molecule has 0 saturated carbocycles. The van der Waals surface area contributed by atoms with Crippen LogP contribution in [0.15, 0.2) is 24.3 Å². The van der Waals surface area contributed by atoms with E-state index in [4.69, 9.17) is 0 Å². The molecule has 6 nitrogen and oxygen atoms in total. The van der Waals surface area contributed by atoms with Crippen molar-refractivity contribution in [2.45, 2.75) is 44.4 Å². The average Bonchev–Trinajstić information content (AvgIpc) is 3.32. The van der Waals surface area contributed by atoms with E-state index in [1.165, 1.54) is 29.8 Å². The Labute approximate surface area is 162 Å². The second kappa shape index (κ2) is 7.73. The minimum Gasteiger partial charge on any atom is -0.481 e. The number of benzene rings is 1. The zero-order valence-electron chi connectivity index (χ0n) is 15.7. The number of hydrogen-bond donors (Lipinski definition) is 2. The zero-order valence-corrected chi connectivity index (χ0v) is 15.7. The van der Waals surface area contributed by atoms with Gasteiger partial charge in [-0.1, -0.05) is 12.1 Å². The SMILES string of the molecule is O=C(O)[C@@H]1CN(C(=O)CCc2n[nH]c3c2CCCC3)C[C@H]1c1ccc(F)cc1. The molecule has 1 aliphatic carbocycles. The topological polar surface area (TPSA) is 86.3 Å². The van der Waals surface area contributed by atoms with Gasteiger partial charge in [0.1, 0.15) is 5.82 Å². The predicted octanol–water partition coefficient (Wildman–Crippen LogP) is 2.69. The molecule has 148 valence electrons. The van der Waals surface area contributed by atoms with E-state index in [2.05, 4.69) is 10.2 Å². The highest BCUT2D eigenvalue weighted by Gasteiger charge is 2.40. The Morgan fingerprint density at radius 3 is 2.68 bits per heavy atom. The first-order valence-electron chi connectivity index (χ1n) is 9.84. The normalized spacial score (nSPS) is 21.5. The van der Waals surface area contributed by atoms with Crippen molar-refractivity contribution in [1.29, 1.82) is 0 Å². The highest BCUT2D eigenvalue weighted by atomic mass is 19.1. The van der Waals surface area contributed by atoms with E-state index in [1.807, 2.05) is 0 Å². The molecule has 2 heterocycles. The molecule has 28 heavy (non-hydrogen) atoms. The van der Waals surface area contributed by atoms with Crippen LogP contribution in [0.1, 0.15) is 47.7 Å². The van der Waals surface area contributed by atoms with Crippen LogP contribution in [0.4, 0.5) is 4.39 Å². The summed E-state index contributed by atoms with van der Waals surface area (Å²) in [6, 6.07) is 5.89. The molecule has 2 atom stereocenters. The van der Waals surface area contributed by atoms with Gasteiger partial charge >= 0.3 is 5.97 Å². The van der Waals surface area contributed by atoms with E-state index >= 15 is 0 Å². The Morgan fingerprint density at radius 1 is 1.18 bits per heavy atom. The van der Waals surface area contributed by atoms with Crippen LogP contribution in [0.5, 0.6) is 0 Å². The van der Waals surface area contributed by atoms with Gasteiger partial charge in [0.15, 0.2) is 0 Å².